The molecular weight excluding hydrogens is 294 g/mol. The van der Waals surface area contributed by atoms with Crippen LogP contribution in [0.1, 0.15) is 12.8 Å². The van der Waals surface area contributed by atoms with Crippen LogP contribution in [0.2, 0.25) is 0 Å². The molecule has 0 amide bonds. The van der Waals surface area contributed by atoms with Crippen LogP contribution in [0.25, 0.3) is 11.4 Å². The van der Waals surface area contributed by atoms with Crippen molar-refractivity contribution >= 4 is 5.97 Å². The Bertz CT molecular complexity index is 658. The summed E-state index contributed by atoms with van der Waals surface area (Å²) in [5, 5.41) is 8.93. The lowest BCUT2D eigenvalue weighted by Crippen LogP contribution is -2.35. The Morgan fingerprint density at radius 2 is 2.00 bits per heavy atom. The summed E-state index contributed by atoms with van der Waals surface area (Å²) in [5.74, 6) is 0.615. The standard InChI is InChI=1S/C17H21N3O3/c1-19-9-6-15(7-10-19)23-14-4-2-13(3-5-14)17-18-8-11-20(17)12-16(21)22/h2-5,8,11,15H,6-7,9-10,12H2,1H3,(H,21,22). The summed E-state index contributed by atoms with van der Waals surface area (Å²) in [5.41, 5.74) is 0.881. The van der Waals surface area contributed by atoms with E-state index in [9.17, 15) is 4.79 Å². The molecule has 2 heterocycles. The van der Waals surface area contributed by atoms with Crippen molar-refractivity contribution in [2.75, 3.05) is 20.1 Å². The number of nitrogens with zero attached hydrogens (tertiary/aromatic N) is 3. The Kier molecular flexibility index (Phi) is 4.62. The second-order valence-corrected chi connectivity index (χ2v) is 5.92. The number of carboxylic acids is 1. The summed E-state index contributed by atoms with van der Waals surface area (Å²) in [6.45, 7) is 2.04. The van der Waals surface area contributed by atoms with E-state index in [1.807, 2.05) is 24.3 Å². The third-order valence-corrected chi connectivity index (χ3v) is 4.10. The molecule has 1 saturated heterocycles. The molecule has 0 spiro atoms. The first-order valence-corrected chi connectivity index (χ1v) is 7.80. The number of carboxylic acid groups (broad SMARTS) is 1. The van der Waals surface area contributed by atoms with Crippen LogP contribution >= 0.6 is 0 Å². The Hall–Kier alpha value is -2.34. The van der Waals surface area contributed by atoms with Gasteiger partial charge in [-0.3, -0.25) is 4.79 Å². The maximum atomic E-state index is 10.9. The molecule has 1 aliphatic heterocycles. The zero-order chi connectivity index (χ0) is 16.2. The van der Waals surface area contributed by atoms with Gasteiger partial charge < -0.3 is 19.3 Å². The Morgan fingerprint density at radius 1 is 1.30 bits per heavy atom. The zero-order valence-electron chi connectivity index (χ0n) is 13.2. The van der Waals surface area contributed by atoms with E-state index in [4.69, 9.17) is 9.84 Å². The van der Waals surface area contributed by atoms with Gasteiger partial charge in [0.25, 0.3) is 0 Å². The van der Waals surface area contributed by atoms with Crippen LogP contribution in [0.5, 0.6) is 5.75 Å². The van der Waals surface area contributed by atoms with Gasteiger partial charge in [0, 0.05) is 31.0 Å². The number of piperidine rings is 1. The van der Waals surface area contributed by atoms with Crippen molar-refractivity contribution in [3.63, 3.8) is 0 Å². The highest BCUT2D eigenvalue weighted by Crippen LogP contribution is 2.23. The largest absolute Gasteiger partial charge is 0.490 e. The predicted octanol–water partition coefficient (Wildman–Crippen LogP) is 2.11. The van der Waals surface area contributed by atoms with E-state index in [1.54, 1.807) is 17.0 Å². The molecular formula is C17H21N3O3. The van der Waals surface area contributed by atoms with Crippen LogP contribution in [0.3, 0.4) is 0 Å². The van der Waals surface area contributed by atoms with Crippen LogP contribution in [0.4, 0.5) is 0 Å². The molecule has 3 rings (SSSR count). The monoisotopic (exact) mass is 315 g/mol. The van der Waals surface area contributed by atoms with Crippen LogP contribution < -0.4 is 4.74 Å². The van der Waals surface area contributed by atoms with Crippen molar-refractivity contribution in [2.45, 2.75) is 25.5 Å². The summed E-state index contributed by atoms with van der Waals surface area (Å²) in [7, 11) is 2.13. The van der Waals surface area contributed by atoms with Gasteiger partial charge in [0.15, 0.2) is 0 Å². The number of ether oxygens (including phenoxy) is 1. The Morgan fingerprint density at radius 3 is 2.65 bits per heavy atom. The quantitative estimate of drug-likeness (QED) is 0.915. The van der Waals surface area contributed by atoms with Crippen molar-refractivity contribution in [2.24, 2.45) is 0 Å². The number of rotatable bonds is 5. The highest BCUT2D eigenvalue weighted by Gasteiger charge is 2.18. The fourth-order valence-corrected chi connectivity index (χ4v) is 2.82. The van der Waals surface area contributed by atoms with Crippen LogP contribution in [0, 0.1) is 0 Å². The molecule has 1 aliphatic rings. The van der Waals surface area contributed by atoms with E-state index in [-0.39, 0.29) is 12.6 Å². The van der Waals surface area contributed by atoms with Gasteiger partial charge in [-0.25, -0.2) is 4.98 Å². The molecule has 6 heteroatoms. The third kappa shape index (κ3) is 3.90. The molecule has 2 aromatic rings. The van der Waals surface area contributed by atoms with E-state index < -0.39 is 5.97 Å². The third-order valence-electron chi connectivity index (χ3n) is 4.10. The van der Waals surface area contributed by atoms with E-state index in [1.165, 1.54) is 0 Å². The highest BCUT2D eigenvalue weighted by atomic mass is 16.5. The summed E-state index contributed by atoms with van der Waals surface area (Å²) >= 11 is 0. The number of carbonyl (C=O) groups is 1. The molecule has 1 aromatic heterocycles. The molecule has 122 valence electrons. The summed E-state index contributed by atoms with van der Waals surface area (Å²) < 4.78 is 7.64. The molecule has 0 atom stereocenters. The molecule has 1 N–H and O–H groups in total. The molecule has 0 aliphatic carbocycles. The molecule has 0 saturated carbocycles. The predicted molar refractivity (Wildman–Crippen MR) is 86.4 cm³/mol. The number of benzene rings is 1. The smallest absolute Gasteiger partial charge is 0.323 e. The zero-order valence-corrected chi connectivity index (χ0v) is 13.2. The average Bonchev–Trinajstić information content (AvgIpc) is 2.98. The topological polar surface area (TPSA) is 67.6 Å². The average molecular weight is 315 g/mol. The number of hydrogen-bond donors (Lipinski definition) is 1. The minimum absolute atomic E-state index is 0.0941. The second-order valence-electron chi connectivity index (χ2n) is 5.92. The minimum atomic E-state index is -0.883. The first-order chi connectivity index (χ1) is 11.1. The summed E-state index contributed by atoms with van der Waals surface area (Å²) in [6, 6.07) is 7.69. The van der Waals surface area contributed by atoms with Crippen LogP contribution in [-0.2, 0) is 11.3 Å². The van der Waals surface area contributed by atoms with Crippen molar-refractivity contribution < 1.29 is 14.6 Å². The van der Waals surface area contributed by atoms with Crippen molar-refractivity contribution in [1.29, 1.82) is 0 Å². The molecule has 6 nitrogen and oxygen atoms in total. The maximum absolute atomic E-state index is 10.9. The molecule has 0 unspecified atom stereocenters. The number of hydrogen-bond acceptors (Lipinski definition) is 4. The summed E-state index contributed by atoms with van der Waals surface area (Å²) in [4.78, 5) is 17.4. The van der Waals surface area contributed by atoms with Gasteiger partial charge in [0.1, 0.15) is 24.2 Å². The van der Waals surface area contributed by atoms with Gasteiger partial charge in [-0.1, -0.05) is 0 Å². The second kappa shape index (κ2) is 6.83. The van der Waals surface area contributed by atoms with Crippen molar-refractivity contribution in [1.82, 2.24) is 14.5 Å². The number of imidazole rings is 1. The number of aliphatic carboxylic acids is 1. The van der Waals surface area contributed by atoms with E-state index in [2.05, 4.69) is 16.9 Å². The fourth-order valence-electron chi connectivity index (χ4n) is 2.82. The van der Waals surface area contributed by atoms with Crippen LogP contribution in [0.15, 0.2) is 36.7 Å². The van der Waals surface area contributed by atoms with Crippen LogP contribution in [-0.4, -0.2) is 51.8 Å². The van der Waals surface area contributed by atoms with E-state index in [0.29, 0.717) is 5.82 Å². The van der Waals surface area contributed by atoms with Gasteiger partial charge in [-0.2, -0.15) is 0 Å². The van der Waals surface area contributed by atoms with Gasteiger partial charge in [0.05, 0.1) is 0 Å². The lowest BCUT2D eigenvalue weighted by atomic mass is 10.1. The minimum Gasteiger partial charge on any atom is -0.490 e. The van der Waals surface area contributed by atoms with E-state index >= 15 is 0 Å². The molecule has 0 radical (unpaired) electrons. The Balaban J connectivity index is 1.67. The Labute approximate surface area is 135 Å². The fraction of sp³-hybridized carbons (Fsp3) is 0.412. The summed E-state index contributed by atoms with van der Waals surface area (Å²) in [6.07, 6.45) is 5.64. The number of likely N-dealkylation sites (tertiary alicyclic amines) is 1. The van der Waals surface area contributed by atoms with E-state index in [0.717, 1.165) is 37.2 Å². The lowest BCUT2D eigenvalue weighted by Gasteiger charge is -2.29. The van der Waals surface area contributed by atoms with Crippen molar-refractivity contribution in [3.8, 4) is 17.1 Å². The first kappa shape index (κ1) is 15.6. The molecule has 1 fully saturated rings. The number of aromatic nitrogens is 2. The molecule has 1 aromatic carbocycles. The highest BCUT2D eigenvalue weighted by molar-refractivity contribution is 5.68. The first-order valence-electron chi connectivity index (χ1n) is 7.80. The van der Waals surface area contributed by atoms with Gasteiger partial charge in [-0.05, 0) is 44.2 Å². The van der Waals surface area contributed by atoms with Crippen molar-refractivity contribution in [3.05, 3.63) is 36.7 Å². The maximum Gasteiger partial charge on any atom is 0.323 e. The normalized spacial score (nSPS) is 16.4. The van der Waals surface area contributed by atoms with Gasteiger partial charge in [-0.15, -0.1) is 0 Å². The molecule has 23 heavy (non-hydrogen) atoms. The SMILES string of the molecule is CN1CCC(Oc2ccc(-c3nccn3CC(=O)O)cc2)CC1. The lowest BCUT2D eigenvalue weighted by molar-refractivity contribution is -0.137. The van der Waals surface area contributed by atoms with Gasteiger partial charge in [0.2, 0.25) is 0 Å². The van der Waals surface area contributed by atoms with Gasteiger partial charge >= 0.3 is 5.97 Å². The molecule has 0 bridgehead atoms.